The SMILES string of the molecule is NCC(=O)N[C@@H](CC(=O)O)C(=O)NCC(=O)O. The highest BCUT2D eigenvalue weighted by atomic mass is 16.4. The molecule has 0 heterocycles. The first kappa shape index (κ1) is 14.8. The standard InChI is InChI=1S/C8H13N3O6/c9-2-5(12)11-4(1-6(13)14)8(17)10-3-7(15)16/h4H,1-3,9H2,(H,10,17)(H,11,12)(H,13,14)(H,15,16)/t4-/m0/s1. The maximum Gasteiger partial charge on any atom is 0.322 e. The predicted molar refractivity (Wildman–Crippen MR) is 53.9 cm³/mol. The summed E-state index contributed by atoms with van der Waals surface area (Å²) in [5.41, 5.74) is 4.99. The Morgan fingerprint density at radius 3 is 2.12 bits per heavy atom. The van der Waals surface area contributed by atoms with E-state index in [2.05, 4.69) is 5.32 Å². The molecule has 0 unspecified atom stereocenters. The van der Waals surface area contributed by atoms with Crippen LogP contribution in [0, 0.1) is 0 Å². The molecule has 0 spiro atoms. The quantitative estimate of drug-likeness (QED) is 0.322. The number of carbonyl (C=O) groups is 4. The van der Waals surface area contributed by atoms with Crippen LogP contribution >= 0.6 is 0 Å². The van der Waals surface area contributed by atoms with Crippen LogP contribution in [0.2, 0.25) is 0 Å². The van der Waals surface area contributed by atoms with Gasteiger partial charge in [-0.1, -0.05) is 0 Å². The lowest BCUT2D eigenvalue weighted by molar-refractivity contribution is -0.141. The summed E-state index contributed by atoms with van der Waals surface area (Å²) in [6.07, 6.45) is -0.656. The molecule has 0 bridgehead atoms. The van der Waals surface area contributed by atoms with Gasteiger partial charge in [0.15, 0.2) is 0 Å². The summed E-state index contributed by atoms with van der Waals surface area (Å²) in [7, 11) is 0. The van der Waals surface area contributed by atoms with Crippen LogP contribution in [0.25, 0.3) is 0 Å². The van der Waals surface area contributed by atoms with Crippen LogP contribution in [0.1, 0.15) is 6.42 Å². The molecule has 0 fully saturated rings. The van der Waals surface area contributed by atoms with Crippen molar-refractivity contribution in [3.8, 4) is 0 Å². The van der Waals surface area contributed by atoms with Crippen LogP contribution in [0.15, 0.2) is 0 Å². The number of carboxylic acids is 2. The first-order valence-corrected chi connectivity index (χ1v) is 4.57. The van der Waals surface area contributed by atoms with Crippen LogP contribution in [-0.4, -0.2) is 53.1 Å². The van der Waals surface area contributed by atoms with Crippen molar-refractivity contribution < 1.29 is 29.4 Å². The third-order valence-corrected chi connectivity index (χ3v) is 1.63. The Morgan fingerprint density at radius 2 is 1.71 bits per heavy atom. The van der Waals surface area contributed by atoms with Crippen LogP contribution in [0.3, 0.4) is 0 Å². The minimum Gasteiger partial charge on any atom is -0.481 e. The Morgan fingerprint density at radius 1 is 1.12 bits per heavy atom. The van der Waals surface area contributed by atoms with Gasteiger partial charge >= 0.3 is 11.9 Å². The summed E-state index contributed by atoms with van der Waals surface area (Å²) in [5.74, 6) is -4.19. The second-order valence-electron chi connectivity index (χ2n) is 3.03. The largest absolute Gasteiger partial charge is 0.481 e. The summed E-state index contributed by atoms with van der Waals surface area (Å²) in [6.45, 7) is -1.06. The molecule has 0 aliphatic heterocycles. The Hall–Kier alpha value is -2.16. The number of carbonyl (C=O) groups excluding carboxylic acids is 2. The number of carboxylic acid groups (broad SMARTS) is 2. The van der Waals surface area contributed by atoms with Crippen molar-refractivity contribution in [3.05, 3.63) is 0 Å². The van der Waals surface area contributed by atoms with Gasteiger partial charge in [-0.25, -0.2) is 0 Å². The fourth-order valence-corrected chi connectivity index (χ4v) is 0.923. The Balaban J connectivity index is 4.44. The van der Waals surface area contributed by atoms with Crippen molar-refractivity contribution in [2.75, 3.05) is 13.1 Å². The molecule has 17 heavy (non-hydrogen) atoms. The zero-order valence-electron chi connectivity index (χ0n) is 8.80. The number of hydrogen-bond acceptors (Lipinski definition) is 5. The van der Waals surface area contributed by atoms with E-state index in [1.165, 1.54) is 0 Å². The van der Waals surface area contributed by atoms with Crippen molar-refractivity contribution in [2.24, 2.45) is 5.73 Å². The van der Waals surface area contributed by atoms with Crippen molar-refractivity contribution in [1.29, 1.82) is 0 Å². The number of hydrogen-bond donors (Lipinski definition) is 5. The van der Waals surface area contributed by atoms with Crippen molar-refractivity contribution in [2.45, 2.75) is 12.5 Å². The topological polar surface area (TPSA) is 159 Å². The molecule has 0 saturated carbocycles. The molecule has 2 amide bonds. The minimum atomic E-state index is -1.34. The average molecular weight is 247 g/mol. The molecule has 0 radical (unpaired) electrons. The Kier molecular flexibility index (Phi) is 6.26. The van der Waals surface area contributed by atoms with Gasteiger partial charge < -0.3 is 26.6 Å². The molecule has 0 aromatic rings. The zero-order valence-corrected chi connectivity index (χ0v) is 8.80. The first-order valence-electron chi connectivity index (χ1n) is 4.57. The van der Waals surface area contributed by atoms with E-state index in [1.807, 2.05) is 5.32 Å². The predicted octanol–water partition coefficient (Wildman–Crippen LogP) is -2.89. The Labute approximate surface area is 96.0 Å². The summed E-state index contributed by atoms with van der Waals surface area (Å²) < 4.78 is 0. The lowest BCUT2D eigenvalue weighted by atomic mass is 10.2. The minimum absolute atomic E-state index is 0.400. The average Bonchev–Trinajstić information content (AvgIpc) is 2.23. The molecule has 9 heteroatoms. The molecule has 0 aromatic carbocycles. The van der Waals surface area contributed by atoms with Gasteiger partial charge in [0, 0.05) is 0 Å². The highest BCUT2D eigenvalue weighted by Gasteiger charge is 2.23. The van der Waals surface area contributed by atoms with E-state index in [0.717, 1.165) is 0 Å². The van der Waals surface area contributed by atoms with E-state index in [4.69, 9.17) is 15.9 Å². The molecule has 0 aromatic heterocycles. The van der Waals surface area contributed by atoms with Crippen molar-refractivity contribution in [1.82, 2.24) is 10.6 Å². The smallest absolute Gasteiger partial charge is 0.322 e. The number of amides is 2. The van der Waals surface area contributed by atoms with Gasteiger partial charge in [0.1, 0.15) is 12.6 Å². The fourth-order valence-electron chi connectivity index (χ4n) is 0.923. The van der Waals surface area contributed by atoms with Gasteiger partial charge in [-0.05, 0) is 0 Å². The third-order valence-electron chi connectivity index (χ3n) is 1.63. The van der Waals surface area contributed by atoms with Gasteiger partial charge in [-0.2, -0.15) is 0 Å². The second kappa shape index (κ2) is 7.17. The molecule has 9 nitrogen and oxygen atoms in total. The first-order chi connectivity index (χ1) is 7.86. The van der Waals surface area contributed by atoms with Crippen LogP contribution in [0.5, 0.6) is 0 Å². The molecule has 96 valence electrons. The van der Waals surface area contributed by atoms with Crippen LogP contribution < -0.4 is 16.4 Å². The highest BCUT2D eigenvalue weighted by Crippen LogP contribution is 1.92. The summed E-state index contributed by atoms with van der Waals surface area (Å²) in [4.78, 5) is 42.9. The van der Waals surface area contributed by atoms with E-state index >= 15 is 0 Å². The van der Waals surface area contributed by atoms with E-state index in [9.17, 15) is 19.2 Å². The number of rotatable bonds is 7. The number of nitrogens with one attached hydrogen (secondary N) is 2. The molecule has 6 N–H and O–H groups in total. The summed E-state index contributed by atoms with van der Waals surface area (Å²) >= 11 is 0. The Bertz CT molecular complexity index is 329. The van der Waals surface area contributed by atoms with Crippen molar-refractivity contribution >= 4 is 23.8 Å². The maximum absolute atomic E-state index is 11.3. The molecule has 0 aliphatic carbocycles. The molecule has 1 atom stereocenters. The van der Waals surface area contributed by atoms with E-state index < -0.39 is 49.3 Å². The van der Waals surface area contributed by atoms with Gasteiger partial charge in [-0.3, -0.25) is 19.2 Å². The van der Waals surface area contributed by atoms with Gasteiger partial charge in [0.05, 0.1) is 13.0 Å². The maximum atomic E-state index is 11.3. The molecule has 0 saturated heterocycles. The number of aliphatic carboxylic acids is 2. The number of nitrogens with two attached hydrogens (primary N) is 1. The fraction of sp³-hybridized carbons (Fsp3) is 0.500. The highest BCUT2D eigenvalue weighted by molar-refractivity contribution is 5.92. The summed E-state index contributed by atoms with van der Waals surface area (Å²) in [6, 6.07) is -1.34. The van der Waals surface area contributed by atoms with Gasteiger partial charge in [0.25, 0.3) is 0 Å². The van der Waals surface area contributed by atoms with Crippen LogP contribution in [-0.2, 0) is 19.2 Å². The summed E-state index contributed by atoms with van der Waals surface area (Å²) in [5, 5.41) is 20.9. The van der Waals surface area contributed by atoms with Crippen LogP contribution in [0.4, 0.5) is 0 Å². The molecular formula is C8H13N3O6. The lowest BCUT2D eigenvalue weighted by Gasteiger charge is -2.15. The second-order valence-corrected chi connectivity index (χ2v) is 3.03. The molecule has 0 rings (SSSR count). The van der Waals surface area contributed by atoms with E-state index in [1.54, 1.807) is 0 Å². The molecular weight excluding hydrogens is 234 g/mol. The van der Waals surface area contributed by atoms with E-state index in [0.29, 0.717) is 0 Å². The van der Waals surface area contributed by atoms with E-state index in [-0.39, 0.29) is 0 Å². The normalized spacial score (nSPS) is 11.4. The molecule has 0 aliphatic rings. The monoisotopic (exact) mass is 247 g/mol. The lowest BCUT2D eigenvalue weighted by Crippen LogP contribution is -2.50. The van der Waals surface area contributed by atoms with Gasteiger partial charge in [0.2, 0.25) is 11.8 Å². The third kappa shape index (κ3) is 6.84. The van der Waals surface area contributed by atoms with Gasteiger partial charge in [-0.15, -0.1) is 0 Å². The van der Waals surface area contributed by atoms with Crippen molar-refractivity contribution in [3.63, 3.8) is 0 Å². The zero-order chi connectivity index (χ0) is 13.4.